The minimum atomic E-state index is 0.198. The molecule has 1 aromatic carbocycles. The van der Waals surface area contributed by atoms with Crippen LogP contribution in [-0.2, 0) is 9.47 Å². The molecule has 0 aliphatic carbocycles. The van der Waals surface area contributed by atoms with Crippen molar-refractivity contribution in [3.05, 3.63) is 35.4 Å². The molecule has 1 heterocycles. The van der Waals surface area contributed by atoms with Gasteiger partial charge in [0.15, 0.2) is 0 Å². The standard InChI is InChI=1S/C16H23IO2/c1-11-6-4-5-7-15(11)16(10-17)19-14-8-12(2)18-13(3)9-14/h4-7,12-14,16H,8-10H2,1-3H3. The largest absolute Gasteiger partial charge is 0.375 e. The maximum Gasteiger partial charge on any atom is 0.0920 e. The fourth-order valence-corrected chi connectivity index (χ4v) is 3.51. The number of hydrogen-bond acceptors (Lipinski definition) is 2. The first kappa shape index (κ1) is 15.3. The molecule has 106 valence electrons. The summed E-state index contributed by atoms with van der Waals surface area (Å²) in [6.07, 6.45) is 3.13. The van der Waals surface area contributed by atoms with Crippen LogP contribution in [0.25, 0.3) is 0 Å². The van der Waals surface area contributed by atoms with Gasteiger partial charge in [0.05, 0.1) is 24.4 Å². The lowest BCUT2D eigenvalue weighted by Gasteiger charge is -2.34. The molecule has 1 saturated heterocycles. The Morgan fingerprint density at radius 3 is 2.47 bits per heavy atom. The number of ether oxygens (including phenoxy) is 2. The van der Waals surface area contributed by atoms with E-state index in [2.05, 4.69) is 67.6 Å². The Bertz CT molecular complexity index is 397. The highest BCUT2D eigenvalue weighted by molar-refractivity contribution is 14.1. The maximum atomic E-state index is 6.36. The van der Waals surface area contributed by atoms with E-state index in [-0.39, 0.29) is 6.10 Å². The molecule has 1 aromatic rings. The van der Waals surface area contributed by atoms with Crippen LogP contribution in [-0.4, -0.2) is 22.7 Å². The Morgan fingerprint density at radius 2 is 1.89 bits per heavy atom. The first-order valence-electron chi connectivity index (χ1n) is 7.02. The Labute approximate surface area is 130 Å². The zero-order valence-corrected chi connectivity index (χ0v) is 14.1. The molecule has 1 aliphatic heterocycles. The molecular formula is C16H23IO2. The van der Waals surface area contributed by atoms with E-state index in [1.165, 1.54) is 11.1 Å². The van der Waals surface area contributed by atoms with Crippen LogP contribution in [0.2, 0.25) is 0 Å². The van der Waals surface area contributed by atoms with Crippen molar-refractivity contribution in [1.82, 2.24) is 0 Å². The van der Waals surface area contributed by atoms with Gasteiger partial charge in [-0.05, 0) is 44.7 Å². The minimum Gasteiger partial charge on any atom is -0.375 e. The smallest absolute Gasteiger partial charge is 0.0920 e. The van der Waals surface area contributed by atoms with Crippen molar-refractivity contribution in [2.45, 2.75) is 58.0 Å². The lowest BCUT2D eigenvalue weighted by molar-refractivity contribution is -0.118. The zero-order valence-electron chi connectivity index (χ0n) is 11.9. The lowest BCUT2D eigenvalue weighted by atomic mass is 10.0. The van der Waals surface area contributed by atoms with Gasteiger partial charge >= 0.3 is 0 Å². The van der Waals surface area contributed by atoms with E-state index in [1.54, 1.807) is 0 Å². The third-order valence-corrected chi connectivity index (χ3v) is 4.49. The molecule has 0 saturated carbocycles. The van der Waals surface area contributed by atoms with Crippen molar-refractivity contribution < 1.29 is 9.47 Å². The molecule has 3 heteroatoms. The summed E-state index contributed by atoms with van der Waals surface area (Å²) in [6.45, 7) is 6.44. The first-order chi connectivity index (χ1) is 9.10. The van der Waals surface area contributed by atoms with Gasteiger partial charge < -0.3 is 9.47 Å². The Morgan fingerprint density at radius 1 is 1.26 bits per heavy atom. The third-order valence-electron chi connectivity index (χ3n) is 3.69. The van der Waals surface area contributed by atoms with E-state index in [0.717, 1.165) is 17.3 Å². The van der Waals surface area contributed by atoms with Crippen molar-refractivity contribution >= 4 is 22.6 Å². The van der Waals surface area contributed by atoms with Crippen molar-refractivity contribution in [1.29, 1.82) is 0 Å². The summed E-state index contributed by atoms with van der Waals surface area (Å²) in [7, 11) is 0. The second-order valence-corrected chi connectivity index (χ2v) is 6.37. The summed E-state index contributed by atoms with van der Waals surface area (Å²) in [6, 6.07) is 8.53. The van der Waals surface area contributed by atoms with Crippen LogP contribution >= 0.6 is 22.6 Å². The van der Waals surface area contributed by atoms with Gasteiger partial charge in [-0.3, -0.25) is 0 Å². The van der Waals surface area contributed by atoms with Crippen LogP contribution in [0.15, 0.2) is 24.3 Å². The molecule has 2 rings (SSSR count). The summed E-state index contributed by atoms with van der Waals surface area (Å²) in [5.74, 6) is 0. The highest BCUT2D eigenvalue weighted by Gasteiger charge is 2.27. The lowest BCUT2D eigenvalue weighted by Crippen LogP contribution is -2.35. The molecule has 0 N–H and O–H groups in total. The molecule has 2 nitrogen and oxygen atoms in total. The van der Waals surface area contributed by atoms with Crippen molar-refractivity contribution in [3.63, 3.8) is 0 Å². The summed E-state index contributed by atoms with van der Waals surface area (Å²) >= 11 is 2.42. The van der Waals surface area contributed by atoms with Gasteiger partial charge in [-0.2, -0.15) is 0 Å². The van der Waals surface area contributed by atoms with E-state index in [4.69, 9.17) is 9.47 Å². The van der Waals surface area contributed by atoms with Gasteiger partial charge in [0, 0.05) is 4.43 Å². The van der Waals surface area contributed by atoms with Crippen LogP contribution in [0.3, 0.4) is 0 Å². The fraction of sp³-hybridized carbons (Fsp3) is 0.625. The summed E-state index contributed by atoms with van der Waals surface area (Å²) in [5.41, 5.74) is 2.64. The van der Waals surface area contributed by atoms with E-state index in [9.17, 15) is 0 Å². The fourth-order valence-electron chi connectivity index (χ4n) is 2.83. The Hall–Kier alpha value is -0.130. The van der Waals surface area contributed by atoms with Crippen molar-refractivity contribution in [2.24, 2.45) is 0 Å². The highest BCUT2D eigenvalue weighted by Crippen LogP contribution is 2.30. The second-order valence-electron chi connectivity index (χ2n) is 5.49. The minimum absolute atomic E-state index is 0.198. The maximum absolute atomic E-state index is 6.36. The molecule has 3 atom stereocenters. The number of hydrogen-bond donors (Lipinski definition) is 0. The molecule has 0 bridgehead atoms. The Kier molecular flexibility index (Phi) is 5.66. The van der Waals surface area contributed by atoms with Crippen LogP contribution in [0, 0.1) is 6.92 Å². The van der Waals surface area contributed by atoms with Crippen LogP contribution in [0.1, 0.15) is 43.9 Å². The van der Waals surface area contributed by atoms with E-state index >= 15 is 0 Å². The monoisotopic (exact) mass is 374 g/mol. The number of alkyl halides is 1. The van der Waals surface area contributed by atoms with Gasteiger partial charge in [0.25, 0.3) is 0 Å². The molecule has 1 aliphatic rings. The molecule has 19 heavy (non-hydrogen) atoms. The number of rotatable bonds is 4. The Balaban J connectivity index is 2.05. The SMILES string of the molecule is Cc1ccccc1C(CI)OC1CC(C)OC(C)C1. The van der Waals surface area contributed by atoms with Crippen LogP contribution < -0.4 is 0 Å². The van der Waals surface area contributed by atoms with Crippen LogP contribution in [0.5, 0.6) is 0 Å². The first-order valence-corrected chi connectivity index (χ1v) is 8.55. The molecule has 0 spiro atoms. The predicted octanol–water partition coefficient (Wildman–Crippen LogP) is 4.44. The number of aryl methyl sites for hydroxylation is 1. The number of halogens is 1. The van der Waals surface area contributed by atoms with E-state index in [1.807, 2.05) is 0 Å². The van der Waals surface area contributed by atoms with E-state index < -0.39 is 0 Å². The molecule has 0 amide bonds. The average molecular weight is 374 g/mol. The van der Waals surface area contributed by atoms with Crippen molar-refractivity contribution in [3.8, 4) is 0 Å². The van der Waals surface area contributed by atoms with E-state index in [0.29, 0.717) is 18.3 Å². The van der Waals surface area contributed by atoms with Gasteiger partial charge in [0.2, 0.25) is 0 Å². The molecule has 0 aromatic heterocycles. The second kappa shape index (κ2) is 7.04. The average Bonchev–Trinajstić information content (AvgIpc) is 2.36. The quantitative estimate of drug-likeness (QED) is 0.573. The predicted molar refractivity (Wildman–Crippen MR) is 86.9 cm³/mol. The molecule has 1 fully saturated rings. The summed E-state index contributed by atoms with van der Waals surface area (Å²) in [4.78, 5) is 0. The third kappa shape index (κ3) is 4.17. The molecule has 3 unspecified atom stereocenters. The summed E-state index contributed by atoms with van der Waals surface area (Å²) < 4.78 is 13.1. The van der Waals surface area contributed by atoms with Crippen molar-refractivity contribution in [2.75, 3.05) is 4.43 Å². The molecule has 0 radical (unpaired) electrons. The topological polar surface area (TPSA) is 18.5 Å². The zero-order chi connectivity index (χ0) is 13.8. The van der Waals surface area contributed by atoms with Crippen LogP contribution in [0.4, 0.5) is 0 Å². The van der Waals surface area contributed by atoms with Gasteiger partial charge in [-0.15, -0.1) is 0 Å². The van der Waals surface area contributed by atoms with Gasteiger partial charge in [-0.25, -0.2) is 0 Å². The number of benzene rings is 1. The highest BCUT2D eigenvalue weighted by atomic mass is 127. The molecular weight excluding hydrogens is 351 g/mol. The van der Waals surface area contributed by atoms with Gasteiger partial charge in [-0.1, -0.05) is 46.9 Å². The normalized spacial score (nSPS) is 29.2. The summed E-state index contributed by atoms with van der Waals surface area (Å²) in [5, 5.41) is 0. The van der Waals surface area contributed by atoms with Gasteiger partial charge in [0.1, 0.15) is 0 Å².